The van der Waals surface area contributed by atoms with Gasteiger partial charge >= 0.3 is 5.97 Å². The van der Waals surface area contributed by atoms with E-state index in [-0.39, 0.29) is 12.5 Å². The van der Waals surface area contributed by atoms with Crippen LogP contribution in [0.25, 0.3) is 0 Å². The van der Waals surface area contributed by atoms with Gasteiger partial charge in [0, 0.05) is 18.8 Å². The number of likely N-dealkylation sites (N-methyl/N-ethyl adjacent to an activating group) is 1. The summed E-state index contributed by atoms with van der Waals surface area (Å²) in [5, 5.41) is 2.69. The van der Waals surface area contributed by atoms with Crippen molar-refractivity contribution in [3.8, 4) is 0 Å². The Morgan fingerprint density at radius 3 is 2.45 bits per heavy atom. The molecule has 0 unspecified atom stereocenters. The lowest BCUT2D eigenvalue weighted by Gasteiger charge is -2.16. The summed E-state index contributed by atoms with van der Waals surface area (Å²) in [6.07, 6.45) is 2.74. The average Bonchev–Trinajstić information content (AvgIpc) is 2.47. The Labute approximate surface area is 129 Å². The van der Waals surface area contributed by atoms with Crippen molar-refractivity contribution in [3.63, 3.8) is 0 Å². The zero-order valence-corrected chi connectivity index (χ0v) is 13.0. The van der Waals surface area contributed by atoms with Crippen LogP contribution >= 0.6 is 0 Å². The van der Waals surface area contributed by atoms with Gasteiger partial charge in [-0.2, -0.15) is 0 Å². The molecule has 0 saturated carbocycles. The van der Waals surface area contributed by atoms with Crippen LogP contribution in [0.1, 0.15) is 12.5 Å². The lowest BCUT2D eigenvalue weighted by atomic mass is 10.2. The Balaban J connectivity index is 2.41. The molecule has 6 nitrogen and oxygen atoms in total. The number of allylic oxidation sites excluding steroid dienone is 1. The molecular formula is C16H20N2O4. The van der Waals surface area contributed by atoms with Gasteiger partial charge in [0.15, 0.2) is 6.61 Å². The first-order valence-electron chi connectivity index (χ1n) is 6.82. The molecule has 0 saturated heterocycles. The second-order valence-electron chi connectivity index (χ2n) is 4.77. The van der Waals surface area contributed by atoms with Crippen LogP contribution in [-0.4, -0.2) is 42.9 Å². The van der Waals surface area contributed by atoms with Crippen LogP contribution in [0.15, 0.2) is 36.4 Å². The number of hydrogen-bond donors (Lipinski definition) is 1. The van der Waals surface area contributed by atoms with Crippen LogP contribution < -0.4 is 5.32 Å². The van der Waals surface area contributed by atoms with Crippen molar-refractivity contribution in [2.75, 3.05) is 25.5 Å². The first-order valence-corrected chi connectivity index (χ1v) is 6.82. The minimum atomic E-state index is -0.589. The number of carbonyl (C=O) groups excluding carboxylic acids is 3. The molecule has 0 atom stereocenters. The van der Waals surface area contributed by atoms with Crippen molar-refractivity contribution in [2.45, 2.75) is 13.8 Å². The first-order chi connectivity index (χ1) is 10.4. The van der Waals surface area contributed by atoms with Crippen LogP contribution in [0.2, 0.25) is 0 Å². The van der Waals surface area contributed by atoms with E-state index >= 15 is 0 Å². The highest BCUT2D eigenvalue weighted by atomic mass is 16.5. The maximum absolute atomic E-state index is 11.8. The summed E-state index contributed by atoms with van der Waals surface area (Å²) in [5.74, 6) is -1.36. The Morgan fingerprint density at radius 2 is 1.86 bits per heavy atom. The van der Waals surface area contributed by atoms with Crippen LogP contribution in [0.3, 0.4) is 0 Å². The smallest absolute Gasteiger partial charge is 0.330 e. The van der Waals surface area contributed by atoms with Crippen molar-refractivity contribution in [1.29, 1.82) is 0 Å². The number of amides is 2. The van der Waals surface area contributed by atoms with Crippen LogP contribution in [0.4, 0.5) is 5.69 Å². The Morgan fingerprint density at radius 1 is 1.23 bits per heavy atom. The number of rotatable bonds is 6. The number of benzene rings is 1. The van der Waals surface area contributed by atoms with Crippen molar-refractivity contribution in [1.82, 2.24) is 4.90 Å². The molecular weight excluding hydrogens is 284 g/mol. The molecule has 1 rings (SSSR count). The van der Waals surface area contributed by atoms with Gasteiger partial charge in [-0.15, -0.1) is 0 Å². The fourth-order valence-electron chi connectivity index (χ4n) is 1.57. The molecule has 2 amide bonds. The summed E-state index contributed by atoms with van der Waals surface area (Å²) in [6.45, 7) is 3.11. The zero-order chi connectivity index (χ0) is 16.5. The minimum absolute atomic E-state index is 0.117. The van der Waals surface area contributed by atoms with Crippen LogP contribution in [-0.2, 0) is 19.1 Å². The highest BCUT2D eigenvalue weighted by molar-refractivity contribution is 5.95. The molecule has 0 spiro atoms. The maximum atomic E-state index is 11.8. The Bertz CT molecular complexity index is 564. The molecule has 0 aliphatic rings. The number of aryl methyl sites for hydroxylation is 1. The third-order valence-electron chi connectivity index (χ3n) is 2.78. The number of esters is 1. The molecule has 0 aliphatic heterocycles. The molecule has 0 heterocycles. The topological polar surface area (TPSA) is 75.7 Å². The van der Waals surface area contributed by atoms with Gasteiger partial charge in [-0.05, 0) is 26.0 Å². The summed E-state index contributed by atoms with van der Waals surface area (Å²) in [6, 6.07) is 7.33. The predicted octanol–water partition coefficient (Wildman–Crippen LogP) is 1.51. The molecule has 22 heavy (non-hydrogen) atoms. The van der Waals surface area contributed by atoms with E-state index in [0.717, 1.165) is 5.56 Å². The Kier molecular flexibility index (Phi) is 6.82. The summed E-state index contributed by atoms with van der Waals surface area (Å²) in [7, 11) is 1.47. The molecule has 1 aromatic rings. The van der Waals surface area contributed by atoms with Gasteiger partial charge in [0.25, 0.3) is 5.91 Å². The van der Waals surface area contributed by atoms with Gasteiger partial charge in [-0.1, -0.05) is 23.8 Å². The van der Waals surface area contributed by atoms with Gasteiger partial charge in [-0.3, -0.25) is 9.59 Å². The molecule has 0 radical (unpaired) electrons. The fraction of sp³-hybridized carbons (Fsp3) is 0.312. The van der Waals surface area contributed by atoms with Crippen molar-refractivity contribution >= 4 is 23.5 Å². The maximum Gasteiger partial charge on any atom is 0.330 e. The quantitative estimate of drug-likeness (QED) is 0.638. The van der Waals surface area contributed by atoms with Gasteiger partial charge in [-0.25, -0.2) is 4.79 Å². The summed E-state index contributed by atoms with van der Waals surface area (Å²) < 4.78 is 4.73. The second kappa shape index (κ2) is 8.61. The van der Waals surface area contributed by atoms with E-state index < -0.39 is 18.5 Å². The summed E-state index contributed by atoms with van der Waals surface area (Å²) in [5.41, 5.74) is 1.75. The van der Waals surface area contributed by atoms with Crippen LogP contribution in [0.5, 0.6) is 0 Å². The molecule has 0 fully saturated rings. The van der Waals surface area contributed by atoms with Crippen LogP contribution in [0, 0.1) is 6.92 Å². The zero-order valence-electron chi connectivity index (χ0n) is 13.0. The predicted molar refractivity (Wildman–Crippen MR) is 83.2 cm³/mol. The second-order valence-corrected chi connectivity index (χ2v) is 4.77. The lowest BCUT2D eigenvalue weighted by molar-refractivity contribution is -0.148. The van der Waals surface area contributed by atoms with Gasteiger partial charge in [0.1, 0.15) is 0 Å². The van der Waals surface area contributed by atoms with E-state index in [0.29, 0.717) is 5.69 Å². The normalized spacial score (nSPS) is 10.3. The largest absolute Gasteiger partial charge is 0.452 e. The molecule has 1 N–H and O–H groups in total. The van der Waals surface area contributed by atoms with Gasteiger partial charge < -0.3 is 15.0 Å². The molecule has 0 aromatic heterocycles. The number of nitrogens with zero attached hydrogens (tertiary/aromatic N) is 1. The molecule has 0 bridgehead atoms. The number of hydrogen-bond acceptors (Lipinski definition) is 4. The van der Waals surface area contributed by atoms with Crippen molar-refractivity contribution < 1.29 is 19.1 Å². The van der Waals surface area contributed by atoms with E-state index in [4.69, 9.17) is 4.74 Å². The summed E-state index contributed by atoms with van der Waals surface area (Å²) >= 11 is 0. The number of ether oxygens (including phenoxy) is 1. The molecule has 118 valence electrons. The fourth-order valence-corrected chi connectivity index (χ4v) is 1.57. The van der Waals surface area contributed by atoms with E-state index in [1.54, 1.807) is 19.1 Å². The van der Waals surface area contributed by atoms with E-state index in [1.807, 2.05) is 19.1 Å². The highest BCUT2D eigenvalue weighted by Crippen LogP contribution is 2.08. The monoisotopic (exact) mass is 304 g/mol. The summed E-state index contributed by atoms with van der Waals surface area (Å²) in [4.78, 5) is 35.9. The molecule has 6 heteroatoms. The van der Waals surface area contributed by atoms with E-state index in [9.17, 15) is 14.4 Å². The van der Waals surface area contributed by atoms with Gasteiger partial charge in [0.05, 0.1) is 6.54 Å². The minimum Gasteiger partial charge on any atom is -0.452 e. The molecule has 0 aliphatic carbocycles. The highest BCUT2D eigenvalue weighted by Gasteiger charge is 2.14. The number of nitrogens with one attached hydrogen (secondary N) is 1. The average molecular weight is 304 g/mol. The number of carbonyl (C=O) groups is 3. The van der Waals surface area contributed by atoms with Gasteiger partial charge in [0.2, 0.25) is 5.91 Å². The standard InChI is InChI=1S/C16H20N2O4/c1-4-5-16(21)22-11-15(20)18(3)10-14(19)17-13-8-6-12(2)7-9-13/h4-9H,10-11H2,1-3H3,(H,17,19)/b5-4+. The van der Waals surface area contributed by atoms with Crippen molar-refractivity contribution in [2.24, 2.45) is 0 Å². The van der Waals surface area contributed by atoms with E-state index in [1.165, 1.54) is 24.1 Å². The van der Waals surface area contributed by atoms with Crippen molar-refractivity contribution in [3.05, 3.63) is 42.0 Å². The SMILES string of the molecule is C/C=C/C(=O)OCC(=O)N(C)CC(=O)Nc1ccc(C)cc1. The van der Waals surface area contributed by atoms with E-state index in [2.05, 4.69) is 5.32 Å². The molecule has 1 aromatic carbocycles. The first kappa shape index (κ1) is 17.4. The third kappa shape index (κ3) is 6.21. The number of anilines is 1. The third-order valence-corrected chi connectivity index (χ3v) is 2.78. The lowest BCUT2D eigenvalue weighted by Crippen LogP contribution is -2.37. The Hall–Kier alpha value is -2.63.